The maximum Gasteiger partial charge on any atom is 0.224 e. The van der Waals surface area contributed by atoms with Crippen LogP contribution < -0.4 is 5.32 Å². The van der Waals surface area contributed by atoms with Crippen LogP contribution >= 0.6 is 11.3 Å². The van der Waals surface area contributed by atoms with Crippen LogP contribution in [0.4, 0.5) is 5.95 Å². The maximum atomic E-state index is 8.72. The molecular formula is C12H12N4S. The summed E-state index contributed by atoms with van der Waals surface area (Å²) in [5.74, 6) is 0.493. The van der Waals surface area contributed by atoms with E-state index >= 15 is 0 Å². The molecule has 4 nitrogen and oxygen atoms in total. The van der Waals surface area contributed by atoms with Crippen LogP contribution in [0.5, 0.6) is 0 Å². The van der Waals surface area contributed by atoms with E-state index in [0.29, 0.717) is 18.2 Å². The van der Waals surface area contributed by atoms with Crippen LogP contribution in [0.3, 0.4) is 0 Å². The van der Waals surface area contributed by atoms with Crippen LogP contribution in [0, 0.1) is 25.2 Å². The van der Waals surface area contributed by atoms with Gasteiger partial charge in [-0.05, 0) is 31.5 Å². The molecule has 0 radical (unpaired) electrons. The molecule has 0 amide bonds. The average molecular weight is 244 g/mol. The quantitative estimate of drug-likeness (QED) is 0.901. The van der Waals surface area contributed by atoms with Gasteiger partial charge in [0.15, 0.2) is 0 Å². The first-order valence-corrected chi connectivity index (χ1v) is 6.03. The number of aryl methyl sites for hydroxylation is 2. The standard InChI is InChI=1S/C12H12N4S/c1-8-5-11(17-9(8)2)7-15-12-14-4-3-10(6-13)16-12/h3-5H,7H2,1-2H3,(H,14,15,16). The topological polar surface area (TPSA) is 61.6 Å². The monoisotopic (exact) mass is 244 g/mol. The second-order valence-corrected chi connectivity index (χ2v) is 5.02. The Morgan fingerprint density at radius 2 is 2.29 bits per heavy atom. The zero-order chi connectivity index (χ0) is 12.3. The van der Waals surface area contributed by atoms with Gasteiger partial charge in [-0.2, -0.15) is 5.26 Å². The van der Waals surface area contributed by atoms with Crippen molar-refractivity contribution in [2.24, 2.45) is 0 Å². The highest BCUT2D eigenvalue weighted by atomic mass is 32.1. The molecule has 1 N–H and O–H groups in total. The van der Waals surface area contributed by atoms with Gasteiger partial charge in [0.2, 0.25) is 5.95 Å². The van der Waals surface area contributed by atoms with Crippen LogP contribution in [0.25, 0.3) is 0 Å². The van der Waals surface area contributed by atoms with Crippen molar-refractivity contribution < 1.29 is 0 Å². The van der Waals surface area contributed by atoms with Crippen molar-refractivity contribution >= 4 is 17.3 Å². The lowest BCUT2D eigenvalue weighted by Crippen LogP contribution is -2.02. The van der Waals surface area contributed by atoms with Gasteiger partial charge < -0.3 is 5.32 Å². The van der Waals surface area contributed by atoms with Gasteiger partial charge in [-0.3, -0.25) is 0 Å². The Hall–Kier alpha value is -1.93. The van der Waals surface area contributed by atoms with Crippen molar-refractivity contribution in [3.8, 4) is 6.07 Å². The highest BCUT2D eigenvalue weighted by Gasteiger charge is 2.03. The molecular weight excluding hydrogens is 232 g/mol. The minimum Gasteiger partial charge on any atom is -0.349 e. The number of nitrogens with one attached hydrogen (secondary N) is 1. The zero-order valence-electron chi connectivity index (χ0n) is 9.69. The molecule has 0 saturated heterocycles. The van der Waals surface area contributed by atoms with Gasteiger partial charge in [0.05, 0.1) is 6.54 Å². The molecule has 0 aliphatic heterocycles. The molecule has 0 saturated carbocycles. The Kier molecular flexibility index (Phi) is 3.35. The van der Waals surface area contributed by atoms with Crippen LogP contribution in [0.1, 0.15) is 21.0 Å². The van der Waals surface area contributed by atoms with Gasteiger partial charge in [0, 0.05) is 16.0 Å². The Morgan fingerprint density at radius 1 is 1.47 bits per heavy atom. The molecule has 86 valence electrons. The predicted molar refractivity (Wildman–Crippen MR) is 67.9 cm³/mol. The largest absolute Gasteiger partial charge is 0.349 e. The maximum absolute atomic E-state index is 8.72. The molecule has 2 aromatic rings. The predicted octanol–water partition coefficient (Wildman–Crippen LogP) is 2.64. The summed E-state index contributed by atoms with van der Waals surface area (Å²) in [6.45, 7) is 4.90. The normalized spacial score (nSPS) is 9.94. The highest BCUT2D eigenvalue weighted by molar-refractivity contribution is 7.12. The second-order valence-electron chi connectivity index (χ2n) is 3.68. The van der Waals surface area contributed by atoms with Gasteiger partial charge in [-0.15, -0.1) is 11.3 Å². The summed E-state index contributed by atoms with van der Waals surface area (Å²) in [7, 11) is 0. The summed E-state index contributed by atoms with van der Waals surface area (Å²) in [4.78, 5) is 10.7. The minimum atomic E-state index is 0.376. The van der Waals surface area contributed by atoms with E-state index in [9.17, 15) is 0 Å². The zero-order valence-corrected chi connectivity index (χ0v) is 10.5. The van der Waals surface area contributed by atoms with Crippen LogP contribution in [-0.4, -0.2) is 9.97 Å². The van der Waals surface area contributed by atoms with Gasteiger partial charge >= 0.3 is 0 Å². The number of hydrogen-bond donors (Lipinski definition) is 1. The van der Waals surface area contributed by atoms with Gasteiger partial charge in [-0.1, -0.05) is 0 Å². The molecule has 0 aliphatic carbocycles. The summed E-state index contributed by atoms with van der Waals surface area (Å²) < 4.78 is 0. The number of hydrogen-bond acceptors (Lipinski definition) is 5. The van der Waals surface area contributed by atoms with E-state index < -0.39 is 0 Å². The minimum absolute atomic E-state index is 0.376. The molecule has 0 aliphatic rings. The third-order valence-corrected chi connectivity index (χ3v) is 3.56. The third kappa shape index (κ3) is 2.80. The lowest BCUT2D eigenvalue weighted by molar-refractivity contribution is 1.06. The molecule has 0 spiro atoms. The lowest BCUT2D eigenvalue weighted by Gasteiger charge is -2.01. The van der Waals surface area contributed by atoms with Crippen molar-refractivity contribution in [2.75, 3.05) is 5.32 Å². The SMILES string of the molecule is Cc1cc(CNc2nccc(C#N)n2)sc1C. The van der Waals surface area contributed by atoms with Crippen molar-refractivity contribution in [1.82, 2.24) is 9.97 Å². The summed E-state index contributed by atoms with van der Waals surface area (Å²) in [5.41, 5.74) is 1.68. The van der Waals surface area contributed by atoms with E-state index in [1.54, 1.807) is 23.6 Å². The summed E-state index contributed by atoms with van der Waals surface area (Å²) in [5, 5.41) is 11.8. The van der Waals surface area contributed by atoms with E-state index in [1.807, 2.05) is 6.07 Å². The van der Waals surface area contributed by atoms with Gasteiger partial charge in [0.25, 0.3) is 0 Å². The highest BCUT2D eigenvalue weighted by Crippen LogP contribution is 2.21. The number of anilines is 1. The lowest BCUT2D eigenvalue weighted by atomic mass is 10.3. The number of rotatable bonds is 3. The molecule has 17 heavy (non-hydrogen) atoms. The van der Waals surface area contributed by atoms with Crippen molar-refractivity contribution in [1.29, 1.82) is 5.26 Å². The molecule has 2 heterocycles. The first kappa shape index (κ1) is 11.6. The van der Waals surface area contributed by atoms with E-state index in [-0.39, 0.29) is 0 Å². The van der Waals surface area contributed by atoms with Crippen LogP contribution in [-0.2, 0) is 6.54 Å². The fourth-order valence-electron chi connectivity index (χ4n) is 1.41. The number of nitrogens with zero attached hydrogens (tertiary/aromatic N) is 3. The van der Waals surface area contributed by atoms with E-state index in [0.717, 1.165) is 0 Å². The fourth-order valence-corrected chi connectivity index (χ4v) is 2.40. The molecule has 0 unspecified atom stereocenters. The van der Waals surface area contributed by atoms with E-state index in [1.165, 1.54) is 15.3 Å². The number of aromatic nitrogens is 2. The summed E-state index contributed by atoms with van der Waals surface area (Å²) in [6, 6.07) is 5.73. The van der Waals surface area contributed by atoms with Crippen LogP contribution in [0.15, 0.2) is 18.3 Å². The van der Waals surface area contributed by atoms with Crippen molar-refractivity contribution in [3.63, 3.8) is 0 Å². The molecule has 5 heteroatoms. The first-order valence-electron chi connectivity index (χ1n) is 5.22. The third-order valence-electron chi connectivity index (χ3n) is 2.41. The smallest absolute Gasteiger partial charge is 0.224 e. The van der Waals surface area contributed by atoms with Crippen molar-refractivity contribution in [2.45, 2.75) is 20.4 Å². The molecule has 0 bridgehead atoms. The molecule has 0 atom stereocenters. The van der Waals surface area contributed by atoms with Crippen molar-refractivity contribution in [3.05, 3.63) is 39.3 Å². The Labute approximate surface area is 104 Å². The molecule has 2 rings (SSSR count). The van der Waals surface area contributed by atoms with Gasteiger partial charge in [-0.25, -0.2) is 9.97 Å². The Balaban J connectivity index is 2.05. The van der Waals surface area contributed by atoms with E-state index in [2.05, 4.69) is 35.2 Å². The number of nitriles is 1. The average Bonchev–Trinajstić information content (AvgIpc) is 2.67. The van der Waals surface area contributed by atoms with Crippen LogP contribution in [0.2, 0.25) is 0 Å². The summed E-state index contributed by atoms with van der Waals surface area (Å²) >= 11 is 1.76. The first-order chi connectivity index (χ1) is 8.19. The number of thiophene rings is 1. The molecule has 2 aromatic heterocycles. The second kappa shape index (κ2) is 4.93. The molecule has 0 fully saturated rings. The molecule has 0 aromatic carbocycles. The summed E-state index contributed by atoms with van der Waals surface area (Å²) in [6.07, 6.45) is 1.58. The Bertz CT molecular complexity index is 549. The fraction of sp³-hybridized carbons (Fsp3) is 0.250. The Morgan fingerprint density at radius 3 is 2.94 bits per heavy atom. The van der Waals surface area contributed by atoms with E-state index in [4.69, 9.17) is 5.26 Å². The van der Waals surface area contributed by atoms with Gasteiger partial charge in [0.1, 0.15) is 11.8 Å².